The molecule has 0 saturated heterocycles. The van der Waals surface area contributed by atoms with E-state index < -0.39 is 5.97 Å². The van der Waals surface area contributed by atoms with Gasteiger partial charge in [0.05, 0.1) is 0 Å². The minimum absolute atomic E-state index is 0.00138. The van der Waals surface area contributed by atoms with Gasteiger partial charge in [0.15, 0.2) is 5.78 Å². The largest absolute Gasteiger partial charge is 0.481 e. The Hall–Kier alpha value is -3.15. The summed E-state index contributed by atoms with van der Waals surface area (Å²) in [7, 11) is 0. The van der Waals surface area contributed by atoms with Crippen LogP contribution in [0.25, 0.3) is 10.9 Å². The Morgan fingerprint density at radius 2 is 1.91 bits per heavy atom. The van der Waals surface area contributed by atoms with Gasteiger partial charge < -0.3 is 15.0 Å². The van der Waals surface area contributed by atoms with Crippen LogP contribution in [0.5, 0.6) is 0 Å². The van der Waals surface area contributed by atoms with Crippen molar-refractivity contribution >= 4 is 28.6 Å². The second-order valence-electron chi connectivity index (χ2n) is 9.27. The van der Waals surface area contributed by atoms with Crippen LogP contribution in [0.3, 0.4) is 0 Å². The summed E-state index contributed by atoms with van der Waals surface area (Å²) in [5.74, 6) is -1.04. The molecule has 0 aliphatic heterocycles. The number of amides is 1. The summed E-state index contributed by atoms with van der Waals surface area (Å²) in [4.78, 5) is 37.2. The molecule has 0 fully saturated rings. The second-order valence-corrected chi connectivity index (χ2v) is 9.27. The number of benzene rings is 1. The lowest BCUT2D eigenvalue weighted by atomic mass is 9.89. The number of Topliss-reactive ketones (excluding diaryl/α,β-unsaturated/α-hetero) is 1. The molecule has 1 aromatic carbocycles. The van der Waals surface area contributed by atoms with Gasteiger partial charge in [0.1, 0.15) is 0 Å². The van der Waals surface area contributed by atoms with Crippen molar-refractivity contribution in [1.29, 1.82) is 0 Å². The molecule has 3 rings (SSSR count). The molecule has 0 atom stereocenters. The minimum atomic E-state index is -0.869. The van der Waals surface area contributed by atoms with Gasteiger partial charge in [-0.1, -0.05) is 25.0 Å². The molecule has 1 aliphatic rings. The molecule has 1 aliphatic carbocycles. The standard InChI is InChI=1S/C27H34N2O4/c1-6-7-20-10-17(4)11-24(30)22(20)14-28-27(33)21-12-19(8-9-25(31)32)13-23-26(21)18(5)15-29(23)16(2)3/h10,12-13,15-16H,6-9,11,14H2,1-5H3,(H,28,33)(H,31,32). The van der Waals surface area contributed by atoms with Crippen LogP contribution in [0.4, 0.5) is 0 Å². The number of carbonyl (C=O) groups is 3. The molecule has 0 bridgehead atoms. The SMILES string of the molecule is CCCC1=C(CNC(=O)c2cc(CCC(=O)O)cc3c2c(C)cn3C(C)C)C(=O)CC(C)=C1. The average molecular weight is 451 g/mol. The molecule has 2 aromatic rings. The second kappa shape index (κ2) is 10.2. The maximum atomic E-state index is 13.4. The summed E-state index contributed by atoms with van der Waals surface area (Å²) in [6.45, 7) is 10.4. The number of ketones is 1. The van der Waals surface area contributed by atoms with Crippen LogP contribution >= 0.6 is 0 Å². The number of rotatable bonds is 9. The van der Waals surface area contributed by atoms with E-state index in [1.807, 2.05) is 26.1 Å². The Morgan fingerprint density at radius 3 is 2.55 bits per heavy atom. The molecule has 0 saturated carbocycles. The first-order valence-corrected chi connectivity index (χ1v) is 11.7. The highest BCUT2D eigenvalue weighted by molar-refractivity contribution is 6.09. The van der Waals surface area contributed by atoms with Gasteiger partial charge in [-0.3, -0.25) is 14.4 Å². The number of carbonyl (C=O) groups excluding carboxylic acids is 2. The van der Waals surface area contributed by atoms with Crippen molar-refractivity contribution in [2.24, 2.45) is 0 Å². The van der Waals surface area contributed by atoms with Gasteiger partial charge in [-0.25, -0.2) is 0 Å². The van der Waals surface area contributed by atoms with E-state index in [0.717, 1.165) is 46.0 Å². The highest BCUT2D eigenvalue weighted by atomic mass is 16.4. The van der Waals surface area contributed by atoms with Crippen LogP contribution in [0, 0.1) is 6.92 Å². The number of hydrogen-bond donors (Lipinski definition) is 2. The van der Waals surface area contributed by atoms with Crippen LogP contribution in [0.1, 0.15) is 80.9 Å². The summed E-state index contributed by atoms with van der Waals surface area (Å²) < 4.78 is 2.12. The van der Waals surface area contributed by atoms with Gasteiger partial charge >= 0.3 is 5.97 Å². The normalized spacial score (nSPS) is 14.2. The minimum Gasteiger partial charge on any atom is -0.481 e. The number of hydrogen-bond acceptors (Lipinski definition) is 3. The number of aliphatic carboxylic acids is 1. The Kier molecular flexibility index (Phi) is 7.57. The van der Waals surface area contributed by atoms with Crippen LogP contribution < -0.4 is 5.32 Å². The number of carboxylic acid groups (broad SMARTS) is 1. The third-order valence-electron chi connectivity index (χ3n) is 6.14. The van der Waals surface area contributed by atoms with Gasteiger partial charge in [0.2, 0.25) is 0 Å². The van der Waals surface area contributed by atoms with E-state index in [4.69, 9.17) is 5.11 Å². The van der Waals surface area contributed by atoms with E-state index in [9.17, 15) is 14.4 Å². The van der Waals surface area contributed by atoms with Gasteiger partial charge in [0, 0.05) is 53.7 Å². The summed E-state index contributed by atoms with van der Waals surface area (Å²) in [5.41, 5.74) is 6.00. The number of carboxylic acids is 1. The topological polar surface area (TPSA) is 88.4 Å². The van der Waals surface area contributed by atoms with Crippen molar-refractivity contribution in [3.63, 3.8) is 0 Å². The highest BCUT2D eigenvalue weighted by Gasteiger charge is 2.22. The molecule has 33 heavy (non-hydrogen) atoms. The van der Waals surface area contributed by atoms with Gasteiger partial charge in [-0.2, -0.15) is 0 Å². The number of allylic oxidation sites excluding steroid dienone is 3. The zero-order valence-corrected chi connectivity index (χ0v) is 20.2. The third kappa shape index (κ3) is 5.44. The lowest BCUT2D eigenvalue weighted by Crippen LogP contribution is -2.30. The van der Waals surface area contributed by atoms with E-state index in [0.29, 0.717) is 24.0 Å². The smallest absolute Gasteiger partial charge is 0.303 e. The third-order valence-corrected chi connectivity index (χ3v) is 6.14. The summed E-state index contributed by atoms with van der Waals surface area (Å²) in [6.07, 6.45) is 6.59. The van der Waals surface area contributed by atoms with Crippen molar-refractivity contribution in [1.82, 2.24) is 9.88 Å². The van der Waals surface area contributed by atoms with Gasteiger partial charge in [0.25, 0.3) is 5.91 Å². The molecule has 176 valence electrons. The van der Waals surface area contributed by atoms with E-state index in [-0.39, 0.29) is 30.7 Å². The molecule has 1 heterocycles. The van der Waals surface area contributed by atoms with Crippen molar-refractivity contribution in [2.45, 2.75) is 72.8 Å². The molecule has 0 spiro atoms. The van der Waals surface area contributed by atoms with E-state index >= 15 is 0 Å². The Labute approximate surface area is 195 Å². The number of nitrogens with one attached hydrogen (secondary N) is 1. The fourth-order valence-electron chi connectivity index (χ4n) is 4.59. The molecular weight excluding hydrogens is 416 g/mol. The molecular formula is C27H34N2O4. The fraction of sp³-hybridized carbons (Fsp3) is 0.444. The quantitative estimate of drug-likeness (QED) is 0.543. The van der Waals surface area contributed by atoms with E-state index in [2.05, 4.69) is 36.7 Å². The summed E-state index contributed by atoms with van der Waals surface area (Å²) >= 11 is 0. The van der Waals surface area contributed by atoms with Crippen molar-refractivity contribution in [2.75, 3.05) is 6.54 Å². The molecule has 1 amide bonds. The predicted octanol–water partition coefficient (Wildman–Crippen LogP) is 5.29. The van der Waals surface area contributed by atoms with Crippen molar-refractivity contribution < 1.29 is 19.5 Å². The van der Waals surface area contributed by atoms with Crippen molar-refractivity contribution in [3.05, 3.63) is 57.8 Å². The Balaban J connectivity index is 1.99. The number of aryl methyl sites for hydroxylation is 2. The lowest BCUT2D eigenvalue weighted by Gasteiger charge is -2.18. The fourth-order valence-corrected chi connectivity index (χ4v) is 4.59. The molecule has 1 aromatic heterocycles. The Bertz CT molecular complexity index is 1160. The molecule has 0 unspecified atom stereocenters. The van der Waals surface area contributed by atoms with Crippen LogP contribution in [0.2, 0.25) is 0 Å². The average Bonchev–Trinajstić information content (AvgIpc) is 3.08. The first-order chi connectivity index (χ1) is 15.6. The molecule has 0 radical (unpaired) electrons. The molecule has 6 nitrogen and oxygen atoms in total. The van der Waals surface area contributed by atoms with Crippen molar-refractivity contribution in [3.8, 4) is 0 Å². The summed E-state index contributed by atoms with van der Waals surface area (Å²) in [5, 5.41) is 13.0. The van der Waals surface area contributed by atoms with Crippen LogP contribution in [-0.4, -0.2) is 33.9 Å². The zero-order valence-electron chi connectivity index (χ0n) is 20.2. The lowest BCUT2D eigenvalue weighted by molar-refractivity contribution is -0.137. The first kappa shape index (κ1) is 24.5. The van der Waals surface area contributed by atoms with Gasteiger partial charge in [-0.05, 0) is 69.4 Å². The monoisotopic (exact) mass is 450 g/mol. The Morgan fingerprint density at radius 1 is 1.18 bits per heavy atom. The number of aromatic nitrogens is 1. The highest BCUT2D eigenvalue weighted by Crippen LogP contribution is 2.30. The van der Waals surface area contributed by atoms with E-state index in [1.165, 1.54) is 0 Å². The predicted molar refractivity (Wildman–Crippen MR) is 131 cm³/mol. The van der Waals surface area contributed by atoms with Gasteiger partial charge in [-0.15, -0.1) is 0 Å². The maximum absolute atomic E-state index is 13.4. The first-order valence-electron chi connectivity index (χ1n) is 11.7. The van der Waals surface area contributed by atoms with Crippen LogP contribution in [0.15, 0.2) is 41.1 Å². The summed E-state index contributed by atoms with van der Waals surface area (Å²) in [6, 6.07) is 3.98. The van der Waals surface area contributed by atoms with E-state index in [1.54, 1.807) is 6.07 Å². The molecule has 6 heteroatoms. The number of nitrogens with zero attached hydrogens (tertiary/aromatic N) is 1. The molecule has 2 N–H and O–H groups in total. The van der Waals surface area contributed by atoms with Crippen LogP contribution in [-0.2, 0) is 16.0 Å². The maximum Gasteiger partial charge on any atom is 0.303 e. The number of fused-ring (bicyclic) bond motifs is 1. The zero-order chi connectivity index (χ0) is 24.3.